The van der Waals surface area contributed by atoms with Gasteiger partial charge in [-0.1, -0.05) is 29.8 Å². The normalized spacial score (nSPS) is 11.5. The topological polar surface area (TPSA) is 68.1 Å². The number of nitrogens with zero attached hydrogens (tertiary/aromatic N) is 2. The molecule has 1 N–H and O–H groups in total. The molecule has 25 heavy (non-hydrogen) atoms. The fraction of sp³-hybridized carbons (Fsp3) is 0.211. The predicted molar refractivity (Wildman–Crippen MR) is 102 cm³/mol. The molecule has 0 amide bonds. The number of non-ortho nitro benzene ring substituents is 1. The maximum atomic E-state index is 10.9. The molecule has 0 spiro atoms. The van der Waals surface area contributed by atoms with Crippen LogP contribution in [0.2, 0.25) is 5.02 Å². The summed E-state index contributed by atoms with van der Waals surface area (Å²) in [4.78, 5) is 15.2. The first-order chi connectivity index (χ1) is 11.8. The summed E-state index contributed by atoms with van der Waals surface area (Å²) in [7, 11) is 0. The third kappa shape index (κ3) is 3.56. The Balaban J connectivity index is 2.25. The number of aromatic nitrogens is 1. The van der Waals surface area contributed by atoms with Gasteiger partial charge in [-0.25, -0.2) is 4.98 Å². The molecule has 3 aromatic rings. The summed E-state index contributed by atoms with van der Waals surface area (Å²) in [5.74, 6) is 0.657. The zero-order valence-corrected chi connectivity index (χ0v) is 15.0. The van der Waals surface area contributed by atoms with Crippen LogP contribution in [0, 0.1) is 10.1 Å². The van der Waals surface area contributed by atoms with E-state index in [1.807, 2.05) is 45.0 Å². The van der Waals surface area contributed by atoms with E-state index in [0.29, 0.717) is 10.8 Å². The molecule has 3 rings (SSSR count). The highest BCUT2D eigenvalue weighted by Crippen LogP contribution is 2.39. The lowest BCUT2D eigenvalue weighted by Gasteiger charge is -2.24. The monoisotopic (exact) mass is 355 g/mol. The smallest absolute Gasteiger partial charge is 0.269 e. The third-order valence-electron chi connectivity index (χ3n) is 3.69. The molecule has 5 nitrogen and oxygen atoms in total. The van der Waals surface area contributed by atoms with Crippen LogP contribution in [-0.2, 0) is 0 Å². The van der Waals surface area contributed by atoms with E-state index in [4.69, 9.17) is 16.6 Å². The second kappa shape index (κ2) is 6.33. The first-order valence-corrected chi connectivity index (χ1v) is 8.25. The van der Waals surface area contributed by atoms with E-state index in [-0.39, 0.29) is 11.2 Å². The number of halogens is 1. The zero-order valence-electron chi connectivity index (χ0n) is 14.2. The number of nitrogens with one attached hydrogen (secondary N) is 1. The molecule has 0 unspecified atom stereocenters. The number of nitro groups is 1. The van der Waals surface area contributed by atoms with Crippen molar-refractivity contribution in [2.75, 3.05) is 5.32 Å². The molecule has 0 aliphatic carbocycles. The second-order valence-corrected chi connectivity index (χ2v) is 7.22. The molecular weight excluding hydrogens is 338 g/mol. The summed E-state index contributed by atoms with van der Waals surface area (Å²) in [5, 5.41) is 15.7. The van der Waals surface area contributed by atoms with Crippen LogP contribution in [0.25, 0.3) is 22.0 Å². The van der Waals surface area contributed by atoms with Crippen LogP contribution >= 0.6 is 11.6 Å². The lowest BCUT2D eigenvalue weighted by atomic mass is 10.0. The first kappa shape index (κ1) is 17.2. The average molecular weight is 356 g/mol. The molecular formula is C19H18ClN3O2. The lowest BCUT2D eigenvalue weighted by molar-refractivity contribution is -0.384. The van der Waals surface area contributed by atoms with Crippen LogP contribution in [0.4, 0.5) is 11.5 Å². The van der Waals surface area contributed by atoms with E-state index in [0.717, 1.165) is 22.0 Å². The standard InChI is InChI=1S/C19H18ClN3O2/c1-19(2,3)22-18-16(12-8-10-13(11-9-12)23(24)25)17(20)14-6-4-5-7-15(14)21-18/h4-11H,1-3H3,(H,21,22). The molecule has 1 heterocycles. The van der Waals surface area contributed by atoms with Gasteiger partial charge in [0.25, 0.3) is 5.69 Å². The number of benzene rings is 2. The fourth-order valence-corrected chi connectivity index (χ4v) is 2.99. The number of hydrogen-bond acceptors (Lipinski definition) is 4. The lowest BCUT2D eigenvalue weighted by Crippen LogP contribution is -2.27. The summed E-state index contributed by atoms with van der Waals surface area (Å²) < 4.78 is 0. The number of pyridine rings is 1. The van der Waals surface area contributed by atoms with Crippen LogP contribution in [0.3, 0.4) is 0 Å². The summed E-state index contributed by atoms with van der Waals surface area (Å²) in [5.41, 5.74) is 2.14. The summed E-state index contributed by atoms with van der Waals surface area (Å²) >= 11 is 6.70. The zero-order chi connectivity index (χ0) is 18.2. The van der Waals surface area contributed by atoms with Gasteiger partial charge in [0.2, 0.25) is 0 Å². The van der Waals surface area contributed by atoms with Crippen molar-refractivity contribution < 1.29 is 4.92 Å². The minimum Gasteiger partial charge on any atom is -0.365 e. The van der Waals surface area contributed by atoms with Crippen molar-refractivity contribution in [2.45, 2.75) is 26.3 Å². The molecule has 0 fully saturated rings. The molecule has 128 valence electrons. The summed E-state index contributed by atoms with van der Waals surface area (Å²) in [6.07, 6.45) is 0. The van der Waals surface area contributed by atoms with Crippen molar-refractivity contribution in [1.82, 2.24) is 4.98 Å². The van der Waals surface area contributed by atoms with Crippen molar-refractivity contribution in [2.24, 2.45) is 0 Å². The van der Waals surface area contributed by atoms with E-state index < -0.39 is 4.92 Å². The van der Waals surface area contributed by atoms with Crippen LogP contribution in [0.15, 0.2) is 48.5 Å². The van der Waals surface area contributed by atoms with Crippen LogP contribution < -0.4 is 5.32 Å². The van der Waals surface area contributed by atoms with Gasteiger partial charge in [-0.05, 0) is 44.5 Å². The van der Waals surface area contributed by atoms with Gasteiger partial charge in [-0.3, -0.25) is 10.1 Å². The molecule has 2 aromatic carbocycles. The summed E-state index contributed by atoms with van der Waals surface area (Å²) in [6.45, 7) is 6.12. The Hall–Kier alpha value is -2.66. The first-order valence-electron chi connectivity index (χ1n) is 7.87. The van der Waals surface area contributed by atoms with Crippen LogP contribution in [-0.4, -0.2) is 15.4 Å². The van der Waals surface area contributed by atoms with Gasteiger partial charge < -0.3 is 5.32 Å². The van der Waals surface area contributed by atoms with Gasteiger partial charge in [-0.2, -0.15) is 0 Å². The minimum atomic E-state index is -0.418. The van der Waals surface area contributed by atoms with Gasteiger partial charge in [0.05, 0.1) is 15.5 Å². The quantitative estimate of drug-likeness (QED) is 0.485. The van der Waals surface area contributed by atoms with E-state index in [9.17, 15) is 10.1 Å². The van der Waals surface area contributed by atoms with Gasteiger partial charge in [0.15, 0.2) is 0 Å². The Morgan fingerprint density at radius 1 is 1.08 bits per heavy atom. The Bertz CT molecular complexity index is 947. The Morgan fingerprint density at radius 2 is 1.72 bits per heavy atom. The van der Waals surface area contributed by atoms with Gasteiger partial charge in [-0.15, -0.1) is 0 Å². The SMILES string of the molecule is CC(C)(C)Nc1nc2ccccc2c(Cl)c1-c1ccc([N+](=O)[O-])cc1. The van der Waals surface area contributed by atoms with Crippen molar-refractivity contribution in [3.05, 3.63) is 63.7 Å². The Morgan fingerprint density at radius 3 is 2.32 bits per heavy atom. The number of hydrogen-bond donors (Lipinski definition) is 1. The van der Waals surface area contributed by atoms with Crippen molar-refractivity contribution >= 4 is 34.0 Å². The van der Waals surface area contributed by atoms with Gasteiger partial charge >= 0.3 is 0 Å². The number of fused-ring (bicyclic) bond motifs is 1. The average Bonchev–Trinajstić information content (AvgIpc) is 2.54. The van der Waals surface area contributed by atoms with E-state index >= 15 is 0 Å². The molecule has 0 bridgehead atoms. The molecule has 0 saturated heterocycles. The second-order valence-electron chi connectivity index (χ2n) is 6.85. The van der Waals surface area contributed by atoms with E-state index in [1.165, 1.54) is 12.1 Å². The van der Waals surface area contributed by atoms with Crippen molar-refractivity contribution in [3.63, 3.8) is 0 Å². The summed E-state index contributed by atoms with van der Waals surface area (Å²) in [6, 6.07) is 14.0. The Kier molecular flexibility index (Phi) is 4.35. The molecule has 0 radical (unpaired) electrons. The fourth-order valence-electron chi connectivity index (χ4n) is 2.63. The predicted octanol–water partition coefficient (Wildman–Crippen LogP) is 5.67. The number of para-hydroxylation sites is 1. The number of rotatable bonds is 3. The van der Waals surface area contributed by atoms with Crippen molar-refractivity contribution in [3.8, 4) is 11.1 Å². The van der Waals surface area contributed by atoms with Crippen LogP contribution in [0.1, 0.15) is 20.8 Å². The molecule has 6 heteroatoms. The maximum absolute atomic E-state index is 10.9. The molecule has 0 aliphatic rings. The Labute approximate surface area is 150 Å². The third-order valence-corrected chi connectivity index (χ3v) is 4.08. The number of nitro benzene ring substituents is 1. The minimum absolute atomic E-state index is 0.0407. The molecule has 0 atom stereocenters. The van der Waals surface area contributed by atoms with E-state index in [2.05, 4.69) is 5.32 Å². The molecule has 0 saturated carbocycles. The highest BCUT2D eigenvalue weighted by atomic mass is 35.5. The molecule has 0 aliphatic heterocycles. The highest BCUT2D eigenvalue weighted by molar-refractivity contribution is 6.38. The van der Waals surface area contributed by atoms with Gasteiger partial charge in [0.1, 0.15) is 5.82 Å². The maximum Gasteiger partial charge on any atom is 0.269 e. The molecule has 1 aromatic heterocycles. The largest absolute Gasteiger partial charge is 0.365 e. The highest BCUT2D eigenvalue weighted by Gasteiger charge is 2.20. The number of anilines is 1. The van der Waals surface area contributed by atoms with Gasteiger partial charge in [0, 0.05) is 28.6 Å². The van der Waals surface area contributed by atoms with Crippen molar-refractivity contribution in [1.29, 1.82) is 0 Å². The van der Waals surface area contributed by atoms with Crippen LogP contribution in [0.5, 0.6) is 0 Å². The van der Waals surface area contributed by atoms with E-state index in [1.54, 1.807) is 12.1 Å².